The zero-order chi connectivity index (χ0) is 28.1. The molecule has 0 aromatic carbocycles. The van der Waals surface area contributed by atoms with Crippen LogP contribution in [0, 0.1) is 11.8 Å². The molecular weight excluding hydrogens is 512 g/mol. The molecule has 0 radical (unpaired) electrons. The number of carbonyl (C=O) groups is 2. The molecule has 3 aliphatic rings. The third-order valence-electron chi connectivity index (χ3n) is 8.19. The molecule has 2 bridgehead atoms. The second-order valence-electron chi connectivity index (χ2n) is 10.8. The summed E-state index contributed by atoms with van der Waals surface area (Å²) in [7, 11) is 1.18. The van der Waals surface area contributed by atoms with E-state index in [9.17, 15) is 29.4 Å². The Morgan fingerprint density at radius 3 is 2.33 bits per heavy atom. The van der Waals surface area contributed by atoms with Crippen LogP contribution in [0.4, 0.5) is 0 Å². The van der Waals surface area contributed by atoms with E-state index < -0.39 is 59.1 Å². The summed E-state index contributed by atoms with van der Waals surface area (Å²) >= 11 is 0. The summed E-state index contributed by atoms with van der Waals surface area (Å²) in [6, 6.07) is 0. The number of aromatic nitrogens is 4. The van der Waals surface area contributed by atoms with E-state index in [1.807, 2.05) is 13.8 Å². The van der Waals surface area contributed by atoms with Gasteiger partial charge in [0.1, 0.15) is 17.7 Å². The minimum absolute atomic E-state index is 0.118. The first kappa shape index (κ1) is 27.5. The number of aliphatic carboxylic acids is 1. The van der Waals surface area contributed by atoms with Crippen molar-refractivity contribution in [2.45, 2.75) is 95.9 Å². The summed E-state index contributed by atoms with van der Waals surface area (Å²) in [6.45, 7) is 4.80. The van der Waals surface area contributed by atoms with Crippen molar-refractivity contribution in [3.8, 4) is 0 Å². The molecule has 6 atom stereocenters. The van der Waals surface area contributed by atoms with Gasteiger partial charge in [0.25, 0.3) is 5.56 Å². The molecule has 39 heavy (non-hydrogen) atoms. The number of carbonyl (C=O) groups excluding carboxylic acids is 1. The maximum Gasteiger partial charge on any atom is 0.332 e. The van der Waals surface area contributed by atoms with Crippen molar-refractivity contribution in [2.75, 3.05) is 13.7 Å². The maximum absolute atomic E-state index is 13.8. The van der Waals surface area contributed by atoms with Crippen LogP contribution in [-0.2, 0) is 42.5 Å². The first-order valence-corrected chi connectivity index (χ1v) is 13.7. The lowest BCUT2D eigenvalue weighted by atomic mass is 9.88. The lowest BCUT2D eigenvalue weighted by molar-refractivity contribution is -0.155. The van der Waals surface area contributed by atoms with Crippen LogP contribution in [0.2, 0.25) is 0 Å². The lowest BCUT2D eigenvalue weighted by Crippen LogP contribution is -2.43. The second kappa shape index (κ2) is 10.5. The Balaban J connectivity index is 1.75. The van der Waals surface area contributed by atoms with Crippen molar-refractivity contribution < 1.29 is 34.0 Å². The van der Waals surface area contributed by atoms with E-state index in [1.54, 1.807) is 4.57 Å². The van der Waals surface area contributed by atoms with Gasteiger partial charge in [-0.05, 0) is 32.1 Å². The SMILES string of the molecule is CCCn1c(=O)c2c(nc(C3(O)CC4OC(C3)C(C(=O)OC)C4C(=O)O)n2C2CCCCO2)n(CCC)c1=O. The smallest absolute Gasteiger partial charge is 0.332 e. The van der Waals surface area contributed by atoms with E-state index in [4.69, 9.17) is 19.2 Å². The number of esters is 1. The second-order valence-corrected chi connectivity index (χ2v) is 10.8. The maximum atomic E-state index is 13.8. The number of hydrogen-bond donors (Lipinski definition) is 2. The molecule has 0 saturated carbocycles. The van der Waals surface area contributed by atoms with Crippen molar-refractivity contribution in [1.82, 2.24) is 18.7 Å². The van der Waals surface area contributed by atoms with Crippen LogP contribution in [0.15, 0.2) is 9.59 Å². The standard InChI is InChI=1S/C26H36N4O9/c1-4-9-28-20-19(21(31)29(10-5-2)25(28)35)30(16-8-6-7-11-38-16)24(27-20)26(36)12-14-17(22(32)33)18(23(34)37-3)15(13-26)39-14/h14-18,36H,4-13H2,1-3H3,(H,32,33). The van der Waals surface area contributed by atoms with E-state index in [2.05, 4.69) is 0 Å². The van der Waals surface area contributed by atoms with Crippen molar-refractivity contribution in [3.05, 3.63) is 26.7 Å². The van der Waals surface area contributed by atoms with Gasteiger partial charge in [-0.2, -0.15) is 0 Å². The van der Waals surface area contributed by atoms with Crippen LogP contribution in [0.25, 0.3) is 11.2 Å². The van der Waals surface area contributed by atoms with Gasteiger partial charge < -0.3 is 24.4 Å². The van der Waals surface area contributed by atoms with Gasteiger partial charge in [-0.3, -0.25) is 28.1 Å². The van der Waals surface area contributed by atoms with Crippen molar-refractivity contribution in [1.29, 1.82) is 0 Å². The Bertz CT molecular complexity index is 1390. The van der Waals surface area contributed by atoms with Crippen LogP contribution in [0.3, 0.4) is 0 Å². The molecule has 13 nitrogen and oxygen atoms in total. The van der Waals surface area contributed by atoms with Crippen LogP contribution in [0.5, 0.6) is 0 Å². The van der Waals surface area contributed by atoms with Gasteiger partial charge in [0.05, 0.1) is 31.2 Å². The van der Waals surface area contributed by atoms with E-state index in [1.165, 1.54) is 16.2 Å². The molecule has 0 amide bonds. The summed E-state index contributed by atoms with van der Waals surface area (Å²) in [5, 5.41) is 22.1. The van der Waals surface area contributed by atoms with E-state index in [0.29, 0.717) is 32.4 Å². The molecule has 2 N–H and O–H groups in total. The van der Waals surface area contributed by atoms with Gasteiger partial charge >= 0.3 is 17.6 Å². The third-order valence-corrected chi connectivity index (χ3v) is 8.19. The summed E-state index contributed by atoms with van der Waals surface area (Å²) in [5.41, 5.74) is -2.39. The first-order valence-electron chi connectivity index (χ1n) is 13.7. The molecule has 5 heterocycles. The number of imidazole rings is 1. The van der Waals surface area contributed by atoms with E-state index in [-0.39, 0.29) is 36.4 Å². The van der Waals surface area contributed by atoms with Gasteiger partial charge in [-0.1, -0.05) is 13.8 Å². The number of ether oxygens (including phenoxy) is 3. The van der Waals surface area contributed by atoms with Gasteiger partial charge in [-0.15, -0.1) is 0 Å². The van der Waals surface area contributed by atoms with Gasteiger partial charge in [0.2, 0.25) is 0 Å². The van der Waals surface area contributed by atoms with Crippen molar-refractivity contribution >= 4 is 23.1 Å². The molecule has 6 unspecified atom stereocenters. The molecule has 3 fully saturated rings. The van der Waals surface area contributed by atoms with Crippen LogP contribution < -0.4 is 11.2 Å². The van der Waals surface area contributed by atoms with Crippen LogP contribution >= 0.6 is 0 Å². The normalized spacial score (nSPS) is 30.5. The number of carboxylic acids is 1. The average molecular weight is 549 g/mol. The molecule has 13 heteroatoms. The van der Waals surface area contributed by atoms with Gasteiger partial charge in [-0.25, -0.2) is 9.78 Å². The third kappa shape index (κ3) is 4.40. The Labute approximate surface area is 224 Å². The van der Waals surface area contributed by atoms with Crippen LogP contribution in [0.1, 0.15) is 70.8 Å². The van der Waals surface area contributed by atoms with Crippen molar-refractivity contribution in [3.63, 3.8) is 0 Å². The average Bonchev–Trinajstić information content (AvgIpc) is 3.45. The van der Waals surface area contributed by atoms with Gasteiger partial charge in [0.15, 0.2) is 11.2 Å². The summed E-state index contributed by atoms with van der Waals surface area (Å²) in [4.78, 5) is 56.7. The highest BCUT2D eigenvalue weighted by molar-refractivity contribution is 5.83. The Morgan fingerprint density at radius 1 is 1.08 bits per heavy atom. The van der Waals surface area contributed by atoms with Crippen LogP contribution in [-0.4, -0.2) is 66.8 Å². The molecule has 3 aliphatic heterocycles. The predicted octanol–water partition coefficient (Wildman–Crippen LogP) is 1.12. The number of carboxylic acid groups (broad SMARTS) is 1. The number of nitrogens with zero attached hydrogens (tertiary/aromatic N) is 4. The topological polar surface area (TPSA) is 164 Å². The zero-order valence-electron chi connectivity index (χ0n) is 22.5. The molecule has 214 valence electrons. The number of aliphatic hydroxyl groups is 1. The fourth-order valence-electron chi connectivity index (χ4n) is 6.53. The number of aryl methyl sites for hydroxylation is 1. The predicted molar refractivity (Wildman–Crippen MR) is 136 cm³/mol. The molecule has 2 aromatic rings. The minimum Gasteiger partial charge on any atom is -0.481 e. The number of fused-ring (bicyclic) bond motifs is 3. The number of rotatable bonds is 8. The monoisotopic (exact) mass is 548 g/mol. The quantitative estimate of drug-likeness (QED) is 0.457. The zero-order valence-corrected chi connectivity index (χ0v) is 22.5. The van der Waals surface area contributed by atoms with Crippen molar-refractivity contribution in [2.24, 2.45) is 11.8 Å². The lowest BCUT2D eigenvalue weighted by Gasteiger charge is -2.38. The highest BCUT2D eigenvalue weighted by Gasteiger charge is 2.61. The highest BCUT2D eigenvalue weighted by Crippen LogP contribution is 2.50. The fraction of sp³-hybridized carbons (Fsp3) is 0.731. The number of hydrogen-bond acceptors (Lipinski definition) is 9. The minimum atomic E-state index is -1.75. The Morgan fingerprint density at radius 2 is 1.74 bits per heavy atom. The Hall–Kier alpha value is -3.03. The molecule has 2 aromatic heterocycles. The summed E-state index contributed by atoms with van der Waals surface area (Å²) in [6.07, 6.45) is 0.626. The molecular formula is C26H36N4O9. The molecule has 0 spiro atoms. The summed E-state index contributed by atoms with van der Waals surface area (Å²) in [5.74, 6) is -4.13. The number of methoxy groups -OCH3 is 1. The molecule has 5 rings (SSSR count). The first-order chi connectivity index (χ1) is 18.7. The highest BCUT2D eigenvalue weighted by atomic mass is 16.5. The largest absolute Gasteiger partial charge is 0.481 e. The molecule has 0 aliphatic carbocycles. The fourth-order valence-corrected chi connectivity index (χ4v) is 6.53. The summed E-state index contributed by atoms with van der Waals surface area (Å²) < 4.78 is 21.1. The van der Waals surface area contributed by atoms with Gasteiger partial charge in [0, 0.05) is 32.5 Å². The molecule has 3 saturated heterocycles. The van der Waals surface area contributed by atoms with E-state index in [0.717, 1.165) is 12.8 Å². The van der Waals surface area contributed by atoms with E-state index >= 15 is 0 Å². The Kier molecular flexibility index (Phi) is 7.42.